The van der Waals surface area contributed by atoms with E-state index in [0.717, 1.165) is 23.7 Å². The predicted molar refractivity (Wildman–Crippen MR) is 154 cm³/mol. The van der Waals surface area contributed by atoms with Gasteiger partial charge in [-0.2, -0.15) is 13.2 Å². The number of halogens is 3. The number of rotatable bonds is 7. The van der Waals surface area contributed by atoms with E-state index in [9.17, 15) is 18.0 Å². The topological polar surface area (TPSA) is 99.2 Å². The number of carbonyl (C=O) groups is 1. The van der Waals surface area contributed by atoms with Crippen molar-refractivity contribution in [2.24, 2.45) is 0 Å². The Labute approximate surface area is 241 Å². The number of nitrogens with one attached hydrogen (secondary N) is 2. The van der Waals surface area contributed by atoms with Gasteiger partial charge in [-0.3, -0.25) is 9.69 Å². The van der Waals surface area contributed by atoms with Crippen LogP contribution in [0.4, 0.5) is 30.5 Å². The Morgan fingerprint density at radius 3 is 2.60 bits per heavy atom. The van der Waals surface area contributed by atoms with Gasteiger partial charge in [0, 0.05) is 73.3 Å². The highest BCUT2D eigenvalue weighted by Crippen LogP contribution is 2.35. The molecule has 0 saturated carbocycles. The minimum Gasteiger partial charge on any atom is -0.324 e. The molecule has 1 aliphatic heterocycles. The molecule has 1 amide bonds. The number of piperazine rings is 1. The quantitative estimate of drug-likeness (QED) is 0.302. The monoisotopic (exact) mass is 576 g/mol. The van der Waals surface area contributed by atoms with Gasteiger partial charge in [-0.25, -0.2) is 19.9 Å². The molecular formula is C30H31F3N8O. The molecule has 0 bridgehead atoms. The normalized spacial score (nSPS) is 16.3. The number of nitrogens with zero attached hydrogens (tertiary/aromatic N) is 6. The summed E-state index contributed by atoms with van der Waals surface area (Å²) in [4.78, 5) is 34.1. The Morgan fingerprint density at radius 1 is 1.07 bits per heavy atom. The maximum atomic E-state index is 14.1. The number of hydrogen-bond donors (Lipinski definition) is 2. The molecule has 1 saturated heterocycles. The van der Waals surface area contributed by atoms with Crippen LogP contribution in [0.1, 0.15) is 34.0 Å². The Morgan fingerprint density at radius 2 is 1.86 bits per heavy atom. The Bertz CT molecular complexity index is 1560. The summed E-state index contributed by atoms with van der Waals surface area (Å²) < 4.78 is 42.2. The second-order valence-corrected chi connectivity index (χ2v) is 10.4. The summed E-state index contributed by atoms with van der Waals surface area (Å²) >= 11 is 0. The van der Waals surface area contributed by atoms with Gasteiger partial charge in [0.1, 0.15) is 6.33 Å². The first kappa shape index (κ1) is 29.1. The summed E-state index contributed by atoms with van der Waals surface area (Å²) in [6.45, 7) is 6.28. The van der Waals surface area contributed by atoms with E-state index in [1.807, 2.05) is 18.9 Å². The van der Waals surface area contributed by atoms with E-state index in [1.54, 1.807) is 42.9 Å². The first-order valence-electron chi connectivity index (χ1n) is 13.5. The molecule has 2 aromatic carbocycles. The van der Waals surface area contributed by atoms with E-state index >= 15 is 0 Å². The number of amides is 1. The van der Waals surface area contributed by atoms with Gasteiger partial charge in [0.25, 0.3) is 5.91 Å². The molecular weight excluding hydrogens is 545 g/mol. The summed E-state index contributed by atoms with van der Waals surface area (Å²) in [6.07, 6.45) is 1.74. The zero-order valence-electron chi connectivity index (χ0n) is 23.5. The number of hydrogen-bond acceptors (Lipinski definition) is 8. The van der Waals surface area contributed by atoms with Gasteiger partial charge in [0.05, 0.1) is 11.3 Å². The number of aromatic nitrogens is 4. The van der Waals surface area contributed by atoms with Crippen molar-refractivity contribution in [3.63, 3.8) is 0 Å². The fraction of sp³-hybridized carbons (Fsp3) is 0.300. The predicted octanol–water partition coefficient (Wildman–Crippen LogP) is 5.39. The molecule has 4 aromatic rings. The highest BCUT2D eigenvalue weighted by molar-refractivity contribution is 6.05. The lowest BCUT2D eigenvalue weighted by atomic mass is 10.0. The number of carbonyl (C=O) groups excluding carboxylic acids is 1. The van der Waals surface area contributed by atoms with Gasteiger partial charge in [0.15, 0.2) is 0 Å². The molecule has 5 rings (SSSR count). The van der Waals surface area contributed by atoms with Gasteiger partial charge in [0.2, 0.25) is 5.95 Å². The standard InChI is InChI=1S/C30H31F3N8O/c1-19-4-5-21(12-27(19)39-29-36-9-8-26(38-29)23-14-34-18-35-15-23)28(42)37-24-7-6-22(25(13-24)30(31,32)33)17-41-11-10-40(3)20(2)16-41/h4-9,12-15,18,20H,10-11,16-17H2,1-3H3,(H,37,42)(H,36,38,39)/t20-/m1/s1. The molecule has 3 heterocycles. The summed E-state index contributed by atoms with van der Waals surface area (Å²) in [5.41, 5.74) is 2.50. The van der Waals surface area contributed by atoms with Crippen LogP contribution in [0.2, 0.25) is 0 Å². The lowest BCUT2D eigenvalue weighted by molar-refractivity contribution is -0.138. The van der Waals surface area contributed by atoms with E-state index in [-0.39, 0.29) is 29.4 Å². The highest BCUT2D eigenvalue weighted by atomic mass is 19.4. The SMILES string of the molecule is Cc1ccc(C(=O)Nc2ccc(CN3CCN(C)[C@H](C)C3)c(C(F)(F)F)c2)cc1Nc1nccc(-c2cncnc2)n1. The summed E-state index contributed by atoms with van der Waals surface area (Å²) in [7, 11) is 2.01. The van der Waals surface area contributed by atoms with Crippen molar-refractivity contribution in [1.82, 2.24) is 29.7 Å². The number of benzene rings is 2. The molecule has 2 N–H and O–H groups in total. The highest BCUT2D eigenvalue weighted by Gasteiger charge is 2.34. The molecule has 218 valence electrons. The summed E-state index contributed by atoms with van der Waals surface area (Å²) in [5, 5.41) is 5.75. The second-order valence-electron chi connectivity index (χ2n) is 10.4. The summed E-state index contributed by atoms with van der Waals surface area (Å²) in [6, 6.07) is 10.9. The van der Waals surface area contributed by atoms with Crippen molar-refractivity contribution in [3.05, 3.63) is 89.6 Å². The third-order valence-corrected chi connectivity index (χ3v) is 7.37. The van der Waals surface area contributed by atoms with Crippen molar-refractivity contribution < 1.29 is 18.0 Å². The van der Waals surface area contributed by atoms with E-state index in [0.29, 0.717) is 30.4 Å². The average Bonchev–Trinajstić information content (AvgIpc) is 2.97. The minimum atomic E-state index is -4.56. The fourth-order valence-electron chi connectivity index (χ4n) is 4.80. The van der Waals surface area contributed by atoms with Crippen LogP contribution in [0.3, 0.4) is 0 Å². The zero-order chi connectivity index (χ0) is 29.9. The molecule has 0 aliphatic carbocycles. The molecule has 1 fully saturated rings. The minimum absolute atomic E-state index is 0.0685. The van der Waals surface area contributed by atoms with Crippen LogP contribution in [0.25, 0.3) is 11.3 Å². The van der Waals surface area contributed by atoms with Crippen molar-refractivity contribution >= 4 is 23.2 Å². The van der Waals surface area contributed by atoms with Crippen molar-refractivity contribution in [2.75, 3.05) is 37.3 Å². The molecule has 0 unspecified atom stereocenters. The smallest absolute Gasteiger partial charge is 0.324 e. The van der Waals surface area contributed by atoms with E-state index < -0.39 is 17.6 Å². The van der Waals surface area contributed by atoms with Crippen LogP contribution in [-0.2, 0) is 12.7 Å². The lowest BCUT2D eigenvalue weighted by Crippen LogP contribution is -2.49. The number of alkyl halides is 3. The molecule has 42 heavy (non-hydrogen) atoms. The fourth-order valence-corrected chi connectivity index (χ4v) is 4.80. The van der Waals surface area contributed by atoms with Crippen molar-refractivity contribution in [2.45, 2.75) is 32.6 Å². The van der Waals surface area contributed by atoms with Crippen LogP contribution in [0.15, 0.2) is 67.4 Å². The second kappa shape index (κ2) is 12.2. The van der Waals surface area contributed by atoms with Gasteiger partial charge >= 0.3 is 6.18 Å². The van der Waals surface area contributed by atoms with Crippen LogP contribution in [0, 0.1) is 6.92 Å². The molecule has 1 aliphatic rings. The molecule has 9 nitrogen and oxygen atoms in total. The van der Waals surface area contributed by atoms with Crippen molar-refractivity contribution in [3.8, 4) is 11.3 Å². The third kappa shape index (κ3) is 6.89. The molecule has 12 heteroatoms. The van der Waals surface area contributed by atoms with E-state index in [2.05, 4.69) is 42.4 Å². The van der Waals surface area contributed by atoms with Crippen LogP contribution >= 0.6 is 0 Å². The lowest BCUT2D eigenvalue weighted by Gasteiger charge is -2.38. The molecule has 0 radical (unpaired) electrons. The van der Waals surface area contributed by atoms with Gasteiger partial charge in [-0.1, -0.05) is 12.1 Å². The van der Waals surface area contributed by atoms with E-state index in [4.69, 9.17) is 0 Å². The van der Waals surface area contributed by atoms with Gasteiger partial charge in [-0.15, -0.1) is 0 Å². The average molecular weight is 577 g/mol. The first-order valence-corrected chi connectivity index (χ1v) is 13.5. The molecule has 0 spiro atoms. The third-order valence-electron chi connectivity index (χ3n) is 7.37. The number of aryl methyl sites for hydroxylation is 1. The number of anilines is 3. The number of likely N-dealkylation sites (N-methyl/N-ethyl adjacent to an activating group) is 1. The maximum Gasteiger partial charge on any atom is 0.416 e. The zero-order valence-corrected chi connectivity index (χ0v) is 23.5. The Balaban J connectivity index is 1.32. The van der Waals surface area contributed by atoms with E-state index in [1.165, 1.54) is 18.5 Å². The maximum absolute atomic E-state index is 14.1. The summed E-state index contributed by atoms with van der Waals surface area (Å²) in [5.74, 6) is -0.236. The van der Waals surface area contributed by atoms with Crippen LogP contribution in [0.5, 0.6) is 0 Å². The molecule has 1 atom stereocenters. The Hall–Kier alpha value is -4.42. The van der Waals surface area contributed by atoms with Gasteiger partial charge in [-0.05, 0) is 62.4 Å². The van der Waals surface area contributed by atoms with Crippen LogP contribution in [-0.4, -0.2) is 68.4 Å². The molecule has 2 aromatic heterocycles. The Kier molecular flexibility index (Phi) is 8.46. The largest absolute Gasteiger partial charge is 0.416 e. The van der Waals surface area contributed by atoms with Crippen molar-refractivity contribution in [1.29, 1.82) is 0 Å². The van der Waals surface area contributed by atoms with Gasteiger partial charge < -0.3 is 15.5 Å². The first-order chi connectivity index (χ1) is 20.1. The van der Waals surface area contributed by atoms with Crippen LogP contribution < -0.4 is 10.6 Å².